The van der Waals surface area contributed by atoms with Crippen LogP contribution in [0, 0.1) is 12.7 Å². The Morgan fingerprint density at radius 3 is 2.73 bits per heavy atom. The molecule has 1 aliphatic heterocycles. The number of nitrogen functional groups attached to an aromatic ring is 1. The quantitative estimate of drug-likeness (QED) is 0.756. The molecule has 1 fully saturated rings. The summed E-state index contributed by atoms with van der Waals surface area (Å²) in [4.78, 5) is 10.7. The average molecular weight is 352 g/mol. The molecule has 0 atom stereocenters. The van der Waals surface area contributed by atoms with E-state index in [0.29, 0.717) is 11.9 Å². The van der Waals surface area contributed by atoms with E-state index in [1.165, 1.54) is 6.07 Å². The van der Waals surface area contributed by atoms with Crippen molar-refractivity contribution in [2.24, 2.45) is 0 Å². The summed E-state index contributed by atoms with van der Waals surface area (Å²) < 4.78 is 13.6. The van der Waals surface area contributed by atoms with Crippen molar-refractivity contribution in [3.05, 3.63) is 53.7 Å². The third kappa shape index (κ3) is 3.24. The summed E-state index contributed by atoms with van der Waals surface area (Å²) >= 11 is 0. The Labute approximate surface area is 151 Å². The first-order valence-corrected chi connectivity index (χ1v) is 8.75. The lowest BCUT2D eigenvalue weighted by Crippen LogP contribution is -2.34. The molecule has 0 saturated carbocycles. The van der Waals surface area contributed by atoms with Crippen LogP contribution in [-0.4, -0.2) is 33.3 Å². The van der Waals surface area contributed by atoms with Gasteiger partial charge < -0.3 is 10.6 Å². The van der Waals surface area contributed by atoms with Gasteiger partial charge in [-0.3, -0.25) is 5.10 Å². The van der Waals surface area contributed by atoms with E-state index >= 15 is 0 Å². The first kappa shape index (κ1) is 16.5. The molecule has 0 unspecified atom stereocenters. The minimum Gasteiger partial charge on any atom is -0.368 e. The van der Waals surface area contributed by atoms with Gasteiger partial charge in [0, 0.05) is 42.0 Å². The van der Waals surface area contributed by atoms with Crippen molar-refractivity contribution in [2.45, 2.75) is 25.7 Å². The van der Waals surface area contributed by atoms with E-state index in [2.05, 4.69) is 25.1 Å². The van der Waals surface area contributed by atoms with E-state index in [0.717, 1.165) is 54.3 Å². The second-order valence-electron chi connectivity index (χ2n) is 6.69. The molecule has 1 aliphatic rings. The van der Waals surface area contributed by atoms with Crippen LogP contribution in [0.15, 0.2) is 36.5 Å². The number of nitrogens with two attached hydrogens (primary N) is 1. The minimum absolute atomic E-state index is 0.235. The predicted octanol–water partition coefficient (Wildman–Crippen LogP) is 3.28. The maximum absolute atomic E-state index is 13.6. The van der Waals surface area contributed by atoms with Crippen molar-refractivity contribution < 1.29 is 4.39 Å². The van der Waals surface area contributed by atoms with Crippen LogP contribution in [0.1, 0.15) is 30.1 Å². The number of piperidine rings is 1. The molecule has 7 heteroatoms. The van der Waals surface area contributed by atoms with Crippen LogP contribution in [-0.2, 0) is 0 Å². The highest BCUT2D eigenvalue weighted by atomic mass is 19.1. The normalized spacial score (nSPS) is 15.4. The number of hydrogen-bond acceptors (Lipinski definition) is 5. The topological polar surface area (TPSA) is 83.7 Å². The smallest absolute Gasteiger partial charge is 0.222 e. The Kier molecular flexibility index (Phi) is 4.28. The number of aryl methyl sites for hydroxylation is 1. The first-order valence-electron chi connectivity index (χ1n) is 8.75. The zero-order valence-electron chi connectivity index (χ0n) is 14.6. The number of H-pyrrole nitrogens is 1. The molecule has 6 nitrogen and oxygen atoms in total. The van der Waals surface area contributed by atoms with E-state index in [9.17, 15) is 4.39 Å². The monoisotopic (exact) mass is 352 g/mol. The molecule has 26 heavy (non-hydrogen) atoms. The van der Waals surface area contributed by atoms with Gasteiger partial charge in [-0.1, -0.05) is 12.1 Å². The number of rotatable bonds is 3. The van der Waals surface area contributed by atoms with Crippen LogP contribution >= 0.6 is 0 Å². The van der Waals surface area contributed by atoms with Gasteiger partial charge in [-0.15, -0.1) is 0 Å². The zero-order valence-corrected chi connectivity index (χ0v) is 14.6. The third-order valence-electron chi connectivity index (χ3n) is 4.89. The van der Waals surface area contributed by atoms with E-state index < -0.39 is 0 Å². The van der Waals surface area contributed by atoms with Gasteiger partial charge in [0.1, 0.15) is 11.6 Å². The third-order valence-corrected chi connectivity index (χ3v) is 4.89. The van der Waals surface area contributed by atoms with E-state index in [-0.39, 0.29) is 5.82 Å². The fourth-order valence-corrected chi connectivity index (χ4v) is 3.63. The number of nitrogens with zero attached hydrogens (tertiary/aromatic N) is 4. The molecular weight excluding hydrogens is 331 g/mol. The number of halogens is 1. The number of aromatic nitrogens is 4. The Hall–Kier alpha value is -2.96. The minimum atomic E-state index is -0.235. The molecule has 0 bridgehead atoms. The van der Waals surface area contributed by atoms with Crippen molar-refractivity contribution >= 4 is 11.8 Å². The van der Waals surface area contributed by atoms with E-state index in [1.54, 1.807) is 18.3 Å². The van der Waals surface area contributed by atoms with Gasteiger partial charge in [0.05, 0.1) is 6.20 Å². The zero-order chi connectivity index (χ0) is 18.1. The van der Waals surface area contributed by atoms with Crippen LogP contribution in [0.5, 0.6) is 0 Å². The number of aromatic amines is 1. The highest BCUT2D eigenvalue weighted by molar-refractivity contribution is 5.66. The van der Waals surface area contributed by atoms with Crippen LogP contribution < -0.4 is 10.6 Å². The second-order valence-corrected chi connectivity index (χ2v) is 6.69. The summed E-state index contributed by atoms with van der Waals surface area (Å²) in [6.07, 6.45) is 3.71. The lowest BCUT2D eigenvalue weighted by atomic mass is 9.89. The Balaban J connectivity index is 1.52. The highest BCUT2D eigenvalue weighted by Crippen LogP contribution is 2.35. The number of anilines is 2. The molecule has 3 heterocycles. The van der Waals surface area contributed by atoms with Gasteiger partial charge in [-0.05, 0) is 37.5 Å². The number of hydrogen-bond donors (Lipinski definition) is 2. The van der Waals surface area contributed by atoms with Gasteiger partial charge in [0.25, 0.3) is 0 Å². The Morgan fingerprint density at radius 1 is 1.19 bits per heavy atom. The van der Waals surface area contributed by atoms with Crippen molar-refractivity contribution in [3.63, 3.8) is 0 Å². The van der Waals surface area contributed by atoms with Gasteiger partial charge in [-0.25, -0.2) is 9.37 Å². The van der Waals surface area contributed by atoms with Crippen molar-refractivity contribution in [2.75, 3.05) is 23.7 Å². The maximum Gasteiger partial charge on any atom is 0.222 e. The largest absolute Gasteiger partial charge is 0.368 e. The summed E-state index contributed by atoms with van der Waals surface area (Å²) in [6, 6.07) is 8.61. The summed E-state index contributed by atoms with van der Waals surface area (Å²) in [5.74, 6) is 1.31. The van der Waals surface area contributed by atoms with E-state index in [1.807, 2.05) is 19.1 Å². The lowest BCUT2D eigenvalue weighted by Gasteiger charge is -2.32. The number of benzene rings is 1. The fraction of sp³-hybridized carbons (Fsp3) is 0.316. The summed E-state index contributed by atoms with van der Waals surface area (Å²) in [6.45, 7) is 3.68. The Bertz CT molecular complexity index is 894. The molecule has 1 saturated heterocycles. The van der Waals surface area contributed by atoms with Gasteiger partial charge >= 0.3 is 0 Å². The van der Waals surface area contributed by atoms with Crippen LogP contribution in [0.2, 0.25) is 0 Å². The molecule has 4 rings (SSSR count). The Morgan fingerprint density at radius 2 is 2.00 bits per heavy atom. The lowest BCUT2D eigenvalue weighted by molar-refractivity contribution is 0.493. The standard InChI is InChI=1S/C19H21FN6/c1-12-9-17(24-19(21)23-12)26-7-5-13(6-8-26)18-16(11-22-25-18)14-3-2-4-15(20)10-14/h2-4,9-11,13H,5-8H2,1H3,(H,22,25)(H2,21,23,24). The average Bonchev–Trinajstić information content (AvgIpc) is 3.11. The molecule has 0 aliphatic carbocycles. The number of nitrogens with one attached hydrogen (secondary N) is 1. The van der Waals surface area contributed by atoms with Gasteiger partial charge in [0.15, 0.2) is 0 Å². The fourth-order valence-electron chi connectivity index (χ4n) is 3.63. The molecule has 3 aromatic rings. The van der Waals surface area contributed by atoms with Crippen molar-refractivity contribution in [1.82, 2.24) is 20.2 Å². The molecule has 0 amide bonds. The second kappa shape index (κ2) is 6.74. The predicted molar refractivity (Wildman–Crippen MR) is 99.4 cm³/mol. The SMILES string of the molecule is Cc1cc(N2CCC(c3[nH]ncc3-c3cccc(F)c3)CC2)nc(N)n1. The molecule has 134 valence electrons. The highest BCUT2D eigenvalue weighted by Gasteiger charge is 2.25. The molecule has 0 radical (unpaired) electrons. The summed E-state index contributed by atoms with van der Waals surface area (Å²) in [5, 5.41) is 7.34. The van der Waals surface area contributed by atoms with E-state index in [4.69, 9.17) is 5.73 Å². The molecule has 0 spiro atoms. The van der Waals surface area contributed by atoms with Crippen LogP contribution in [0.3, 0.4) is 0 Å². The van der Waals surface area contributed by atoms with Gasteiger partial charge in [-0.2, -0.15) is 10.1 Å². The van der Waals surface area contributed by atoms with Crippen molar-refractivity contribution in [1.29, 1.82) is 0 Å². The molecule has 1 aromatic carbocycles. The summed E-state index contributed by atoms with van der Waals surface area (Å²) in [5.41, 5.74) is 9.56. The summed E-state index contributed by atoms with van der Waals surface area (Å²) in [7, 11) is 0. The van der Waals surface area contributed by atoms with Gasteiger partial charge in [0.2, 0.25) is 5.95 Å². The van der Waals surface area contributed by atoms with Crippen LogP contribution in [0.4, 0.5) is 16.2 Å². The molecular formula is C19H21FN6. The first-order chi connectivity index (χ1) is 12.6. The molecule has 2 aromatic heterocycles. The van der Waals surface area contributed by atoms with Crippen molar-refractivity contribution in [3.8, 4) is 11.1 Å². The van der Waals surface area contributed by atoms with Crippen LogP contribution in [0.25, 0.3) is 11.1 Å². The maximum atomic E-state index is 13.6. The molecule has 3 N–H and O–H groups in total.